The highest BCUT2D eigenvalue weighted by Crippen LogP contribution is 2.33. The van der Waals surface area contributed by atoms with Crippen LogP contribution in [0.1, 0.15) is 23.2 Å². The third kappa shape index (κ3) is 2.66. The first-order valence-corrected chi connectivity index (χ1v) is 7.96. The topological polar surface area (TPSA) is 34.0 Å². The largest absolute Gasteiger partial charge is 0.346 e. The van der Waals surface area contributed by atoms with E-state index in [0.29, 0.717) is 11.5 Å². The Labute approximate surface area is 137 Å². The van der Waals surface area contributed by atoms with Crippen LogP contribution in [0.15, 0.2) is 48.7 Å². The fourth-order valence-electron chi connectivity index (χ4n) is 2.96. The van der Waals surface area contributed by atoms with Gasteiger partial charge in [0.05, 0.1) is 5.56 Å². The van der Waals surface area contributed by atoms with Crippen molar-refractivity contribution in [2.24, 2.45) is 5.92 Å². The monoisotopic (exact) mass is 326 g/mol. The molecule has 0 saturated heterocycles. The van der Waals surface area contributed by atoms with Crippen molar-refractivity contribution in [1.82, 2.24) is 4.57 Å². The van der Waals surface area contributed by atoms with E-state index in [-0.39, 0.29) is 0 Å². The van der Waals surface area contributed by atoms with Gasteiger partial charge in [-0.1, -0.05) is 24.3 Å². The third-order valence-electron chi connectivity index (χ3n) is 4.39. The minimum atomic E-state index is -0.787. The van der Waals surface area contributed by atoms with Crippen LogP contribution >= 0.6 is 0 Å². The number of anilines is 1. The van der Waals surface area contributed by atoms with Crippen LogP contribution in [0.5, 0.6) is 0 Å². The number of benzene rings is 2. The third-order valence-corrected chi connectivity index (χ3v) is 4.39. The van der Waals surface area contributed by atoms with Crippen molar-refractivity contribution >= 4 is 22.5 Å². The molecule has 122 valence electrons. The van der Waals surface area contributed by atoms with Gasteiger partial charge >= 0.3 is 0 Å². The lowest BCUT2D eigenvalue weighted by atomic mass is 10.1. The van der Waals surface area contributed by atoms with E-state index >= 15 is 0 Å². The molecule has 4 rings (SSSR count). The molecule has 0 atom stereocenters. The van der Waals surface area contributed by atoms with Crippen LogP contribution in [-0.4, -0.2) is 10.5 Å². The summed E-state index contributed by atoms with van der Waals surface area (Å²) in [6.45, 7) is 0.863. The molecule has 5 heteroatoms. The number of hydrogen-bond donors (Lipinski definition) is 1. The van der Waals surface area contributed by atoms with E-state index in [2.05, 4.69) is 9.88 Å². The molecule has 1 heterocycles. The smallest absolute Gasteiger partial charge is 0.257 e. The van der Waals surface area contributed by atoms with Gasteiger partial charge in [-0.05, 0) is 37.0 Å². The Morgan fingerprint density at radius 2 is 1.79 bits per heavy atom. The highest BCUT2D eigenvalue weighted by atomic mass is 19.1. The molecule has 0 unspecified atom stereocenters. The SMILES string of the molecule is O=C(Nc1c(F)cccc1F)c1cn(CC2CC2)c2ccccc12. The predicted molar refractivity (Wildman–Crippen MR) is 89.0 cm³/mol. The molecule has 1 aliphatic carbocycles. The second kappa shape index (κ2) is 5.74. The lowest BCUT2D eigenvalue weighted by Gasteiger charge is -2.06. The second-order valence-corrected chi connectivity index (χ2v) is 6.21. The Hall–Kier alpha value is -2.69. The normalized spacial score (nSPS) is 14.1. The average Bonchev–Trinajstić information content (AvgIpc) is 3.31. The van der Waals surface area contributed by atoms with Gasteiger partial charge < -0.3 is 9.88 Å². The van der Waals surface area contributed by atoms with Crippen molar-refractivity contribution in [1.29, 1.82) is 0 Å². The Morgan fingerprint density at radius 1 is 1.08 bits per heavy atom. The molecule has 1 saturated carbocycles. The summed E-state index contributed by atoms with van der Waals surface area (Å²) < 4.78 is 29.6. The summed E-state index contributed by atoms with van der Waals surface area (Å²) in [5.41, 5.74) is 0.971. The van der Waals surface area contributed by atoms with E-state index in [1.807, 2.05) is 24.3 Å². The summed E-state index contributed by atoms with van der Waals surface area (Å²) in [4.78, 5) is 12.6. The van der Waals surface area contributed by atoms with E-state index in [0.717, 1.165) is 29.6 Å². The van der Waals surface area contributed by atoms with Crippen LogP contribution in [0.3, 0.4) is 0 Å². The standard InChI is InChI=1S/C19H16F2N2O/c20-15-5-3-6-16(21)18(15)22-19(24)14-11-23(10-12-8-9-12)17-7-2-1-4-13(14)17/h1-7,11-12H,8-10H2,(H,22,24). The van der Waals surface area contributed by atoms with Crippen LogP contribution in [0.25, 0.3) is 10.9 Å². The molecule has 2 aromatic carbocycles. The van der Waals surface area contributed by atoms with Gasteiger partial charge in [0.1, 0.15) is 17.3 Å². The van der Waals surface area contributed by atoms with Gasteiger partial charge in [-0.2, -0.15) is 0 Å². The Morgan fingerprint density at radius 3 is 2.50 bits per heavy atom. The number of aromatic nitrogens is 1. The number of rotatable bonds is 4. The number of amides is 1. The van der Waals surface area contributed by atoms with E-state index in [9.17, 15) is 13.6 Å². The molecule has 0 spiro atoms. The maximum absolute atomic E-state index is 13.8. The molecule has 1 aromatic heterocycles. The molecule has 24 heavy (non-hydrogen) atoms. The van der Waals surface area contributed by atoms with Crippen molar-refractivity contribution < 1.29 is 13.6 Å². The Balaban J connectivity index is 1.71. The lowest BCUT2D eigenvalue weighted by Crippen LogP contribution is -2.14. The number of nitrogens with zero attached hydrogens (tertiary/aromatic N) is 1. The van der Waals surface area contributed by atoms with Crippen LogP contribution in [0.4, 0.5) is 14.5 Å². The maximum Gasteiger partial charge on any atom is 0.257 e. The van der Waals surface area contributed by atoms with Crippen molar-refractivity contribution in [3.8, 4) is 0 Å². The molecule has 0 aliphatic heterocycles. The summed E-state index contributed by atoms with van der Waals surface area (Å²) in [5, 5.41) is 3.15. The zero-order valence-electron chi connectivity index (χ0n) is 12.9. The number of carbonyl (C=O) groups is 1. The minimum absolute atomic E-state index is 0.415. The van der Waals surface area contributed by atoms with Gasteiger partial charge in [0.2, 0.25) is 0 Å². The summed E-state index contributed by atoms with van der Waals surface area (Å²) in [5.74, 6) is -1.43. The first-order valence-electron chi connectivity index (χ1n) is 7.96. The number of para-hydroxylation sites is 2. The van der Waals surface area contributed by atoms with Crippen LogP contribution in [-0.2, 0) is 6.54 Å². The lowest BCUT2D eigenvalue weighted by molar-refractivity contribution is 0.102. The van der Waals surface area contributed by atoms with Gasteiger partial charge in [0, 0.05) is 23.6 Å². The molecule has 3 aromatic rings. The van der Waals surface area contributed by atoms with E-state index < -0.39 is 23.2 Å². The summed E-state index contributed by atoms with van der Waals surface area (Å²) in [7, 11) is 0. The van der Waals surface area contributed by atoms with Gasteiger partial charge in [-0.3, -0.25) is 4.79 Å². The van der Waals surface area contributed by atoms with Gasteiger partial charge in [0.25, 0.3) is 5.91 Å². The molecule has 1 fully saturated rings. The van der Waals surface area contributed by atoms with E-state index in [1.165, 1.54) is 18.9 Å². The first kappa shape index (κ1) is 14.9. The highest BCUT2D eigenvalue weighted by Gasteiger charge is 2.24. The molecular weight excluding hydrogens is 310 g/mol. The summed E-state index contributed by atoms with van der Waals surface area (Å²) >= 11 is 0. The summed E-state index contributed by atoms with van der Waals surface area (Å²) in [6.07, 6.45) is 4.18. The van der Waals surface area contributed by atoms with Gasteiger partial charge in [-0.25, -0.2) is 8.78 Å². The number of carbonyl (C=O) groups excluding carboxylic acids is 1. The van der Waals surface area contributed by atoms with Gasteiger partial charge in [0.15, 0.2) is 0 Å². The minimum Gasteiger partial charge on any atom is -0.346 e. The van der Waals surface area contributed by atoms with Crippen molar-refractivity contribution in [2.45, 2.75) is 19.4 Å². The van der Waals surface area contributed by atoms with E-state index in [1.54, 1.807) is 6.20 Å². The maximum atomic E-state index is 13.8. The van der Waals surface area contributed by atoms with Gasteiger partial charge in [-0.15, -0.1) is 0 Å². The predicted octanol–water partition coefficient (Wildman–Crippen LogP) is 4.58. The highest BCUT2D eigenvalue weighted by molar-refractivity contribution is 6.13. The number of nitrogens with one attached hydrogen (secondary N) is 1. The Bertz CT molecular complexity index is 908. The number of halogens is 2. The fraction of sp³-hybridized carbons (Fsp3) is 0.211. The fourth-order valence-corrected chi connectivity index (χ4v) is 2.96. The second-order valence-electron chi connectivity index (χ2n) is 6.21. The van der Waals surface area contributed by atoms with Crippen molar-refractivity contribution in [3.63, 3.8) is 0 Å². The number of hydrogen-bond acceptors (Lipinski definition) is 1. The molecule has 1 aliphatic rings. The molecule has 1 N–H and O–H groups in total. The van der Waals surface area contributed by atoms with Crippen molar-refractivity contribution in [2.75, 3.05) is 5.32 Å². The van der Waals surface area contributed by atoms with Crippen LogP contribution in [0, 0.1) is 17.6 Å². The molecule has 0 bridgehead atoms. The van der Waals surface area contributed by atoms with E-state index in [4.69, 9.17) is 0 Å². The van der Waals surface area contributed by atoms with Crippen LogP contribution < -0.4 is 5.32 Å². The molecule has 0 radical (unpaired) electrons. The summed E-state index contributed by atoms with van der Waals surface area (Å²) in [6, 6.07) is 11.1. The van der Waals surface area contributed by atoms with Crippen molar-refractivity contribution in [3.05, 3.63) is 65.9 Å². The molecule has 1 amide bonds. The van der Waals surface area contributed by atoms with Crippen LogP contribution in [0.2, 0.25) is 0 Å². The first-order chi connectivity index (χ1) is 11.6. The molecular formula is C19H16F2N2O. The Kier molecular flexibility index (Phi) is 3.56. The zero-order chi connectivity index (χ0) is 16.7. The zero-order valence-corrected chi connectivity index (χ0v) is 12.9. The molecule has 3 nitrogen and oxygen atoms in total. The quantitative estimate of drug-likeness (QED) is 0.748. The number of fused-ring (bicyclic) bond motifs is 1. The average molecular weight is 326 g/mol.